The first-order valence-electron chi connectivity index (χ1n) is 7.82. The molecule has 1 aliphatic heterocycles. The molecule has 1 saturated heterocycles. The number of carbonyl (C=O) groups is 2. The number of ether oxygens (including phenoxy) is 1. The van der Waals surface area contributed by atoms with Crippen molar-refractivity contribution in [2.75, 3.05) is 44.8 Å². The number of likely N-dealkylation sites (N-methyl/N-ethyl adjacent to an activating group) is 1. The van der Waals surface area contributed by atoms with Crippen LogP contribution in [-0.4, -0.2) is 74.9 Å². The van der Waals surface area contributed by atoms with Crippen LogP contribution >= 0.6 is 0 Å². The summed E-state index contributed by atoms with van der Waals surface area (Å²) in [6.07, 6.45) is 0. The zero-order chi connectivity index (χ0) is 18.4. The maximum absolute atomic E-state index is 13.1. The van der Waals surface area contributed by atoms with E-state index in [2.05, 4.69) is 0 Å². The summed E-state index contributed by atoms with van der Waals surface area (Å²) >= 11 is 0. The number of halogens is 1. The van der Waals surface area contributed by atoms with E-state index in [1.807, 2.05) is 0 Å². The Morgan fingerprint density at radius 3 is 2.60 bits per heavy atom. The Balaban J connectivity index is 1.72. The average molecular weight is 372 g/mol. The van der Waals surface area contributed by atoms with E-state index < -0.39 is 28.3 Å². The average Bonchev–Trinajstić information content (AvgIpc) is 2.54. The fourth-order valence-electron chi connectivity index (χ4n) is 2.39. The minimum atomic E-state index is -3.00. The smallest absolute Gasteiger partial charge is 0.320 e. The van der Waals surface area contributed by atoms with Crippen molar-refractivity contribution >= 4 is 21.7 Å². The van der Waals surface area contributed by atoms with Crippen molar-refractivity contribution in [2.24, 2.45) is 0 Å². The first kappa shape index (κ1) is 19.3. The van der Waals surface area contributed by atoms with Gasteiger partial charge >= 0.3 is 5.97 Å². The van der Waals surface area contributed by atoms with E-state index in [0.717, 1.165) is 0 Å². The molecular weight excluding hydrogens is 351 g/mol. The number of amides is 1. The van der Waals surface area contributed by atoms with Crippen LogP contribution in [0, 0.1) is 5.82 Å². The SMILES string of the molecule is CN(Cc1cccc(F)c1)C(=O)COC(=O)CN1CCS(=O)(=O)CC1. The highest BCUT2D eigenvalue weighted by molar-refractivity contribution is 7.91. The van der Waals surface area contributed by atoms with E-state index in [-0.39, 0.29) is 43.5 Å². The van der Waals surface area contributed by atoms with Gasteiger partial charge in [-0.3, -0.25) is 14.5 Å². The molecule has 138 valence electrons. The van der Waals surface area contributed by atoms with E-state index in [4.69, 9.17) is 4.74 Å². The number of hydrogen-bond donors (Lipinski definition) is 0. The van der Waals surface area contributed by atoms with Crippen LogP contribution in [0.3, 0.4) is 0 Å². The minimum absolute atomic E-state index is 0.0234. The van der Waals surface area contributed by atoms with Crippen molar-refractivity contribution in [1.82, 2.24) is 9.80 Å². The number of esters is 1. The molecule has 7 nitrogen and oxygen atoms in total. The number of sulfone groups is 1. The van der Waals surface area contributed by atoms with Crippen LogP contribution in [0.5, 0.6) is 0 Å². The molecule has 0 bridgehead atoms. The molecular formula is C16H21FN2O5S. The topological polar surface area (TPSA) is 84.0 Å². The zero-order valence-electron chi connectivity index (χ0n) is 14.0. The summed E-state index contributed by atoms with van der Waals surface area (Å²) in [4.78, 5) is 26.8. The van der Waals surface area contributed by atoms with Crippen molar-refractivity contribution in [3.8, 4) is 0 Å². The normalized spacial score (nSPS) is 17.0. The number of rotatable bonds is 6. The summed E-state index contributed by atoms with van der Waals surface area (Å²) in [6.45, 7) is 0.320. The van der Waals surface area contributed by atoms with Crippen LogP contribution in [0.2, 0.25) is 0 Å². The molecule has 1 aromatic carbocycles. The van der Waals surface area contributed by atoms with Crippen LogP contribution in [0.15, 0.2) is 24.3 Å². The Hall–Kier alpha value is -2.00. The molecule has 1 heterocycles. The Bertz CT molecular complexity index is 724. The van der Waals surface area contributed by atoms with E-state index >= 15 is 0 Å². The van der Waals surface area contributed by atoms with Crippen LogP contribution < -0.4 is 0 Å². The van der Waals surface area contributed by atoms with Gasteiger partial charge in [-0.25, -0.2) is 12.8 Å². The largest absolute Gasteiger partial charge is 0.455 e. The summed E-state index contributed by atoms with van der Waals surface area (Å²) < 4.78 is 40.7. The van der Waals surface area contributed by atoms with Gasteiger partial charge in [0.15, 0.2) is 16.4 Å². The summed E-state index contributed by atoms with van der Waals surface area (Å²) in [5.74, 6) is -1.32. The quantitative estimate of drug-likeness (QED) is 0.657. The predicted octanol–water partition coefficient (Wildman–Crippen LogP) is 0.0577. The van der Waals surface area contributed by atoms with Gasteiger partial charge in [-0.2, -0.15) is 0 Å². The zero-order valence-corrected chi connectivity index (χ0v) is 14.8. The third kappa shape index (κ3) is 6.43. The first-order valence-corrected chi connectivity index (χ1v) is 9.64. The molecule has 2 rings (SSSR count). The first-order chi connectivity index (χ1) is 11.7. The molecule has 0 radical (unpaired) electrons. The van der Waals surface area contributed by atoms with E-state index in [1.165, 1.54) is 24.1 Å². The van der Waals surface area contributed by atoms with Gasteiger partial charge < -0.3 is 9.64 Å². The second-order valence-corrected chi connectivity index (χ2v) is 8.27. The van der Waals surface area contributed by atoms with Gasteiger partial charge in [0.05, 0.1) is 18.1 Å². The fraction of sp³-hybridized carbons (Fsp3) is 0.500. The van der Waals surface area contributed by atoms with Gasteiger partial charge in [0.1, 0.15) is 5.82 Å². The molecule has 0 aromatic heterocycles. The van der Waals surface area contributed by atoms with Gasteiger partial charge in [0.25, 0.3) is 5.91 Å². The van der Waals surface area contributed by atoms with Gasteiger partial charge in [-0.1, -0.05) is 12.1 Å². The molecule has 0 N–H and O–H groups in total. The molecule has 0 unspecified atom stereocenters. The Kier molecular flexibility index (Phi) is 6.49. The predicted molar refractivity (Wildman–Crippen MR) is 88.9 cm³/mol. The molecule has 9 heteroatoms. The molecule has 0 saturated carbocycles. The number of hydrogen-bond acceptors (Lipinski definition) is 6. The minimum Gasteiger partial charge on any atom is -0.455 e. The summed E-state index contributed by atoms with van der Waals surface area (Å²) in [5.41, 5.74) is 0.636. The lowest BCUT2D eigenvalue weighted by molar-refractivity contribution is -0.152. The highest BCUT2D eigenvalue weighted by atomic mass is 32.2. The van der Waals surface area contributed by atoms with Crippen LogP contribution in [0.25, 0.3) is 0 Å². The van der Waals surface area contributed by atoms with Gasteiger partial charge in [0, 0.05) is 26.7 Å². The molecule has 1 aromatic rings. The number of nitrogens with zero attached hydrogens (tertiary/aromatic N) is 2. The van der Waals surface area contributed by atoms with Gasteiger partial charge in [-0.05, 0) is 17.7 Å². The van der Waals surface area contributed by atoms with Crippen molar-refractivity contribution < 1.29 is 27.1 Å². The monoisotopic (exact) mass is 372 g/mol. The van der Waals surface area contributed by atoms with E-state index in [0.29, 0.717) is 5.56 Å². The molecule has 0 atom stereocenters. The molecule has 25 heavy (non-hydrogen) atoms. The molecule has 1 amide bonds. The Labute approximate surface area is 146 Å². The maximum Gasteiger partial charge on any atom is 0.320 e. The third-order valence-corrected chi connectivity index (χ3v) is 5.49. The van der Waals surface area contributed by atoms with Crippen molar-refractivity contribution in [3.05, 3.63) is 35.6 Å². The fourth-order valence-corrected chi connectivity index (χ4v) is 3.66. The number of benzene rings is 1. The van der Waals surface area contributed by atoms with Gasteiger partial charge in [-0.15, -0.1) is 0 Å². The summed E-state index contributed by atoms with van der Waals surface area (Å²) in [5, 5.41) is 0. The van der Waals surface area contributed by atoms with Crippen molar-refractivity contribution in [1.29, 1.82) is 0 Å². The lowest BCUT2D eigenvalue weighted by atomic mass is 10.2. The summed E-state index contributed by atoms with van der Waals surface area (Å²) in [6, 6.07) is 5.91. The lowest BCUT2D eigenvalue weighted by Crippen LogP contribution is -2.43. The highest BCUT2D eigenvalue weighted by Crippen LogP contribution is 2.07. The van der Waals surface area contributed by atoms with Crippen LogP contribution in [0.1, 0.15) is 5.56 Å². The Morgan fingerprint density at radius 1 is 1.28 bits per heavy atom. The molecule has 0 spiro atoms. The van der Waals surface area contributed by atoms with Crippen molar-refractivity contribution in [2.45, 2.75) is 6.54 Å². The van der Waals surface area contributed by atoms with E-state index in [9.17, 15) is 22.4 Å². The Morgan fingerprint density at radius 2 is 1.96 bits per heavy atom. The third-order valence-electron chi connectivity index (χ3n) is 3.88. The second kappa shape index (κ2) is 8.39. The maximum atomic E-state index is 13.1. The van der Waals surface area contributed by atoms with Crippen LogP contribution in [-0.2, 0) is 30.7 Å². The van der Waals surface area contributed by atoms with Crippen LogP contribution in [0.4, 0.5) is 4.39 Å². The van der Waals surface area contributed by atoms with Gasteiger partial charge in [0.2, 0.25) is 0 Å². The molecule has 1 aliphatic rings. The lowest BCUT2D eigenvalue weighted by Gasteiger charge is -2.25. The molecule has 1 fully saturated rings. The van der Waals surface area contributed by atoms with E-state index in [1.54, 1.807) is 17.0 Å². The standard InChI is InChI=1S/C16H21FN2O5S/c1-18(10-13-3-2-4-14(17)9-13)15(20)12-24-16(21)11-19-5-7-25(22,23)8-6-19/h2-4,9H,5-8,10-12H2,1H3. The number of carbonyl (C=O) groups excluding carboxylic acids is 2. The molecule has 0 aliphatic carbocycles. The summed E-state index contributed by atoms with van der Waals surface area (Å²) in [7, 11) is -1.46. The van der Waals surface area contributed by atoms with Crippen molar-refractivity contribution in [3.63, 3.8) is 0 Å². The highest BCUT2D eigenvalue weighted by Gasteiger charge is 2.23. The second-order valence-electron chi connectivity index (χ2n) is 5.97.